The van der Waals surface area contributed by atoms with Gasteiger partial charge in [0.2, 0.25) is 0 Å². The van der Waals surface area contributed by atoms with Crippen LogP contribution in [0.3, 0.4) is 0 Å². The highest BCUT2D eigenvalue weighted by Gasteiger charge is 2.10. The number of amides is 1. The zero-order chi connectivity index (χ0) is 12.8. The average Bonchev–Trinajstić information content (AvgIpc) is 2.28. The molecule has 6 nitrogen and oxygen atoms in total. The van der Waals surface area contributed by atoms with Crippen LogP contribution < -0.4 is 5.32 Å². The van der Waals surface area contributed by atoms with Crippen molar-refractivity contribution in [3.8, 4) is 0 Å². The van der Waals surface area contributed by atoms with E-state index in [1.165, 1.54) is 24.3 Å². The summed E-state index contributed by atoms with van der Waals surface area (Å²) < 4.78 is 0. The molecule has 1 unspecified atom stereocenters. The number of aliphatic hydroxyl groups excluding tert-OH is 1. The van der Waals surface area contributed by atoms with Gasteiger partial charge >= 0.3 is 0 Å². The highest BCUT2D eigenvalue weighted by atomic mass is 16.6. The molecule has 2 N–H and O–H groups in total. The zero-order valence-electron chi connectivity index (χ0n) is 9.42. The fraction of sp³-hybridized carbons (Fsp3) is 0.364. The second-order valence-electron chi connectivity index (χ2n) is 3.70. The number of hydrogen-bond acceptors (Lipinski definition) is 4. The highest BCUT2D eigenvalue weighted by Crippen LogP contribution is 2.12. The van der Waals surface area contributed by atoms with Crippen molar-refractivity contribution in [1.29, 1.82) is 0 Å². The molecule has 1 aromatic carbocycles. The number of carbonyl (C=O) groups excluding carboxylic acids is 1. The molecule has 0 aliphatic carbocycles. The monoisotopic (exact) mass is 238 g/mol. The molecule has 1 amide bonds. The van der Waals surface area contributed by atoms with Crippen molar-refractivity contribution < 1.29 is 14.8 Å². The summed E-state index contributed by atoms with van der Waals surface area (Å²) in [6.45, 7) is 1.96. The molecule has 6 heteroatoms. The molecule has 0 bridgehead atoms. The number of non-ortho nitro benzene ring substituents is 1. The number of carbonyl (C=O) groups is 1. The third kappa shape index (κ3) is 4.20. The van der Waals surface area contributed by atoms with Crippen LogP contribution in [0, 0.1) is 10.1 Å². The lowest BCUT2D eigenvalue weighted by atomic mass is 10.2. The highest BCUT2D eigenvalue weighted by molar-refractivity contribution is 5.94. The first kappa shape index (κ1) is 13.1. The Balaban J connectivity index is 2.63. The van der Waals surface area contributed by atoms with Crippen LogP contribution in [0.15, 0.2) is 24.3 Å². The minimum atomic E-state index is -0.549. The van der Waals surface area contributed by atoms with E-state index in [2.05, 4.69) is 5.32 Å². The van der Waals surface area contributed by atoms with E-state index >= 15 is 0 Å². The van der Waals surface area contributed by atoms with Crippen LogP contribution in [-0.4, -0.2) is 28.6 Å². The molecular weight excluding hydrogens is 224 g/mol. The van der Waals surface area contributed by atoms with E-state index in [0.29, 0.717) is 13.0 Å². The first-order chi connectivity index (χ1) is 8.00. The Labute approximate surface area is 98.4 Å². The van der Waals surface area contributed by atoms with Gasteiger partial charge in [0, 0.05) is 24.2 Å². The predicted octanol–water partition coefficient (Wildman–Crippen LogP) is 1.10. The van der Waals surface area contributed by atoms with Crippen LogP contribution in [0.4, 0.5) is 5.69 Å². The number of aliphatic hydroxyl groups is 1. The van der Waals surface area contributed by atoms with Gasteiger partial charge in [0.05, 0.1) is 11.0 Å². The minimum absolute atomic E-state index is 0.117. The maximum atomic E-state index is 11.6. The lowest BCUT2D eigenvalue weighted by Crippen LogP contribution is -2.26. The van der Waals surface area contributed by atoms with Crippen molar-refractivity contribution in [2.24, 2.45) is 0 Å². The molecule has 92 valence electrons. The van der Waals surface area contributed by atoms with Gasteiger partial charge in [-0.2, -0.15) is 0 Å². The third-order valence-electron chi connectivity index (χ3n) is 2.17. The number of benzene rings is 1. The van der Waals surface area contributed by atoms with Gasteiger partial charge in [-0.25, -0.2) is 0 Å². The molecule has 0 heterocycles. The van der Waals surface area contributed by atoms with Crippen molar-refractivity contribution in [1.82, 2.24) is 5.32 Å². The average molecular weight is 238 g/mol. The summed E-state index contributed by atoms with van der Waals surface area (Å²) in [5, 5.41) is 22.1. The topological polar surface area (TPSA) is 92.5 Å². The summed E-state index contributed by atoms with van der Waals surface area (Å²) in [6.07, 6.45) is -0.0406. The first-order valence-electron chi connectivity index (χ1n) is 5.21. The van der Waals surface area contributed by atoms with Gasteiger partial charge < -0.3 is 10.4 Å². The van der Waals surface area contributed by atoms with Crippen LogP contribution in [0.25, 0.3) is 0 Å². The molecule has 0 aromatic heterocycles. The third-order valence-corrected chi connectivity index (χ3v) is 2.17. The molecule has 0 saturated heterocycles. The number of nitrogens with one attached hydrogen (secondary N) is 1. The Bertz CT molecular complexity index is 418. The van der Waals surface area contributed by atoms with E-state index in [4.69, 9.17) is 5.11 Å². The number of hydrogen-bond donors (Lipinski definition) is 2. The number of nitro groups is 1. The Kier molecular flexibility index (Phi) is 4.59. The first-order valence-corrected chi connectivity index (χ1v) is 5.21. The van der Waals surface area contributed by atoms with Gasteiger partial charge in [0.25, 0.3) is 11.6 Å². The summed E-state index contributed by atoms with van der Waals surface area (Å²) in [6, 6.07) is 5.51. The summed E-state index contributed by atoms with van der Waals surface area (Å²) >= 11 is 0. The van der Waals surface area contributed by atoms with Gasteiger partial charge in [-0.05, 0) is 19.4 Å². The van der Waals surface area contributed by atoms with E-state index in [1.54, 1.807) is 6.92 Å². The molecule has 0 spiro atoms. The predicted molar refractivity (Wildman–Crippen MR) is 61.7 cm³/mol. The fourth-order valence-corrected chi connectivity index (χ4v) is 1.26. The molecule has 0 radical (unpaired) electrons. The number of nitrogens with zero attached hydrogens (tertiary/aromatic N) is 1. The van der Waals surface area contributed by atoms with Gasteiger partial charge in [-0.15, -0.1) is 0 Å². The Morgan fingerprint density at radius 1 is 1.59 bits per heavy atom. The lowest BCUT2D eigenvalue weighted by Gasteiger charge is -2.06. The van der Waals surface area contributed by atoms with Crippen LogP contribution in [-0.2, 0) is 0 Å². The molecule has 1 atom stereocenters. The summed E-state index contributed by atoms with van der Waals surface area (Å²) in [5.41, 5.74) is 0.123. The van der Waals surface area contributed by atoms with Crippen LogP contribution in [0.1, 0.15) is 23.7 Å². The minimum Gasteiger partial charge on any atom is -0.393 e. The molecule has 0 fully saturated rings. The van der Waals surface area contributed by atoms with Crippen molar-refractivity contribution >= 4 is 11.6 Å². The molecule has 0 aliphatic heterocycles. The lowest BCUT2D eigenvalue weighted by molar-refractivity contribution is -0.384. The summed E-state index contributed by atoms with van der Waals surface area (Å²) in [4.78, 5) is 21.6. The van der Waals surface area contributed by atoms with Crippen molar-refractivity contribution in [2.45, 2.75) is 19.4 Å². The van der Waals surface area contributed by atoms with E-state index < -0.39 is 11.0 Å². The summed E-state index contributed by atoms with van der Waals surface area (Å²) in [5.74, 6) is -0.380. The second-order valence-corrected chi connectivity index (χ2v) is 3.70. The van der Waals surface area contributed by atoms with E-state index in [1.807, 2.05) is 0 Å². The smallest absolute Gasteiger partial charge is 0.270 e. The number of rotatable bonds is 5. The molecule has 17 heavy (non-hydrogen) atoms. The van der Waals surface area contributed by atoms with Crippen molar-refractivity contribution in [3.63, 3.8) is 0 Å². The fourth-order valence-electron chi connectivity index (χ4n) is 1.26. The maximum Gasteiger partial charge on any atom is 0.270 e. The Hall–Kier alpha value is -1.95. The van der Waals surface area contributed by atoms with Crippen LogP contribution in [0.5, 0.6) is 0 Å². The van der Waals surface area contributed by atoms with E-state index in [-0.39, 0.29) is 17.2 Å². The van der Waals surface area contributed by atoms with Crippen molar-refractivity contribution in [2.75, 3.05) is 6.54 Å². The van der Waals surface area contributed by atoms with Crippen LogP contribution in [0.2, 0.25) is 0 Å². The largest absolute Gasteiger partial charge is 0.393 e. The zero-order valence-corrected chi connectivity index (χ0v) is 9.42. The standard InChI is InChI=1S/C11H14N2O4/c1-8(14)5-6-12-11(15)9-3-2-4-10(7-9)13(16)17/h2-4,7-8,14H,5-6H2,1H3,(H,12,15). The Morgan fingerprint density at radius 3 is 2.88 bits per heavy atom. The molecule has 0 saturated carbocycles. The molecular formula is C11H14N2O4. The van der Waals surface area contributed by atoms with Gasteiger partial charge in [-0.1, -0.05) is 6.07 Å². The Morgan fingerprint density at radius 2 is 2.29 bits per heavy atom. The number of nitro benzene ring substituents is 1. The normalized spacial score (nSPS) is 11.9. The molecule has 1 aromatic rings. The summed E-state index contributed by atoms with van der Waals surface area (Å²) in [7, 11) is 0. The second kappa shape index (κ2) is 5.95. The molecule has 1 rings (SSSR count). The van der Waals surface area contributed by atoms with E-state index in [9.17, 15) is 14.9 Å². The van der Waals surface area contributed by atoms with Gasteiger partial charge in [0.15, 0.2) is 0 Å². The van der Waals surface area contributed by atoms with Crippen molar-refractivity contribution in [3.05, 3.63) is 39.9 Å². The van der Waals surface area contributed by atoms with Crippen LogP contribution >= 0.6 is 0 Å². The maximum absolute atomic E-state index is 11.6. The molecule has 0 aliphatic rings. The van der Waals surface area contributed by atoms with Gasteiger partial charge in [0.1, 0.15) is 0 Å². The van der Waals surface area contributed by atoms with E-state index in [0.717, 1.165) is 0 Å². The quantitative estimate of drug-likeness (QED) is 0.593. The SMILES string of the molecule is CC(O)CCNC(=O)c1cccc([N+](=O)[O-])c1. The van der Waals surface area contributed by atoms with Gasteiger partial charge in [-0.3, -0.25) is 14.9 Å².